The van der Waals surface area contributed by atoms with Crippen LogP contribution in [0.3, 0.4) is 0 Å². The Morgan fingerprint density at radius 3 is 2.83 bits per heavy atom. The molecule has 0 spiro atoms. The lowest BCUT2D eigenvalue weighted by Gasteiger charge is -2.40. The predicted molar refractivity (Wildman–Crippen MR) is 87.2 cm³/mol. The largest absolute Gasteiger partial charge is 0.478 e. The van der Waals surface area contributed by atoms with Gasteiger partial charge in [-0.2, -0.15) is 0 Å². The number of nitrogens with zero attached hydrogens (tertiary/aromatic N) is 1. The topological polar surface area (TPSA) is 76.1 Å². The molecule has 1 N–H and O–H groups in total. The minimum Gasteiger partial charge on any atom is -0.478 e. The van der Waals surface area contributed by atoms with Crippen molar-refractivity contribution in [1.82, 2.24) is 4.90 Å². The molecule has 130 valence electrons. The summed E-state index contributed by atoms with van der Waals surface area (Å²) >= 11 is 0. The van der Waals surface area contributed by atoms with Gasteiger partial charge in [-0.3, -0.25) is 4.79 Å². The van der Waals surface area contributed by atoms with Gasteiger partial charge in [0.25, 0.3) is 5.91 Å². The van der Waals surface area contributed by atoms with Crippen LogP contribution in [0.2, 0.25) is 0 Å². The van der Waals surface area contributed by atoms with Crippen LogP contribution in [0.15, 0.2) is 24.3 Å². The van der Waals surface area contributed by atoms with E-state index in [0.29, 0.717) is 25.3 Å². The van der Waals surface area contributed by atoms with Crippen LogP contribution in [0.25, 0.3) is 0 Å². The van der Waals surface area contributed by atoms with Gasteiger partial charge in [-0.15, -0.1) is 0 Å². The number of methoxy groups -OCH3 is 1. The van der Waals surface area contributed by atoms with Gasteiger partial charge in [0.15, 0.2) is 0 Å². The number of aromatic carboxylic acids is 1. The molecule has 6 heteroatoms. The van der Waals surface area contributed by atoms with Crippen LogP contribution in [0.1, 0.15) is 40.0 Å². The third kappa shape index (κ3) is 3.30. The lowest BCUT2D eigenvalue weighted by molar-refractivity contribution is -0.0460. The standard InChI is InChI=1S/C18H23NO5/c1-23-16-7-3-6-14(16)15-11-24-9-8-19(15)17(20)12-4-2-5-13(10-12)18(21)22/h2,4-5,10,14-16H,3,6-9,11H2,1H3,(H,21,22). The molecule has 24 heavy (non-hydrogen) atoms. The van der Waals surface area contributed by atoms with Gasteiger partial charge in [-0.25, -0.2) is 4.79 Å². The maximum absolute atomic E-state index is 13.0. The van der Waals surface area contributed by atoms with Crippen molar-refractivity contribution in [2.45, 2.75) is 31.4 Å². The molecule has 0 aromatic heterocycles. The van der Waals surface area contributed by atoms with Gasteiger partial charge < -0.3 is 19.5 Å². The first kappa shape index (κ1) is 16.9. The number of ether oxygens (including phenoxy) is 2. The van der Waals surface area contributed by atoms with E-state index < -0.39 is 5.97 Å². The first-order valence-corrected chi connectivity index (χ1v) is 8.36. The van der Waals surface area contributed by atoms with Crippen LogP contribution in [0.5, 0.6) is 0 Å². The lowest BCUT2D eigenvalue weighted by atomic mass is 9.93. The van der Waals surface area contributed by atoms with Crippen molar-refractivity contribution in [2.24, 2.45) is 5.92 Å². The van der Waals surface area contributed by atoms with E-state index in [-0.39, 0.29) is 29.5 Å². The highest BCUT2D eigenvalue weighted by Crippen LogP contribution is 2.34. The Balaban J connectivity index is 1.83. The van der Waals surface area contributed by atoms with Crippen LogP contribution < -0.4 is 0 Å². The Morgan fingerprint density at radius 1 is 1.29 bits per heavy atom. The van der Waals surface area contributed by atoms with E-state index in [0.717, 1.165) is 19.3 Å². The van der Waals surface area contributed by atoms with Crippen molar-refractivity contribution in [3.63, 3.8) is 0 Å². The van der Waals surface area contributed by atoms with Crippen LogP contribution in [0.4, 0.5) is 0 Å². The molecule has 1 aliphatic heterocycles. The van der Waals surface area contributed by atoms with Gasteiger partial charge in [0.2, 0.25) is 0 Å². The van der Waals surface area contributed by atoms with E-state index in [9.17, 15) is 9.59 Å². The van der Waals surface area contributed by atoms with E-state index in [4.69, 9.17) is 14.6 Å². The van der Waals surface area contributed by atoms with E-state index in [1.54, 1.807) is 19.2 Å². The van der Waals surface area contributed by atoms with Crippen LogP contribution in [-0.4, -0.2) is 60.9 Å². The molecule has 1 aromatic carbocycles. The van der Waals surface area contributed by atoms with Crippen LogP contribution >= 0.6 is 0 Å². The van der Waals surface area contributed by atoms with E-state index >= 15 is 0 Å². The maximum Gasteiger partial charge on any atom is 0.335 e. The van der Waals surface area contributed by atoms with Gasteiger partial charge in [0.05, 0.1) is 30.9 Å². The molecular weight excluding hydrogens is 310 g/mol. The third-order valence-corrected chi connectivity index (χ3v) is 5.08. The minimum absolute atomic E-state index is 0.0211. The Bertz CT molecular complexity index is 617. The number of benzene rings is 1. The van der Waals surface area contributed by atoms with Crippen molar-refractivity contribution in [1.29, 1.82) is 0 Å². The van der Waals surface area contributed by atoms with E-state index in [1.165, 1.54) is 12.1 Å². The maximum atomic E-state index is 13.0. The molecule has 1 saturated heterocycles. The van der Waals surface area contributed by atoms with Crippen molar-refractivity contribution in [3.05, 3.63) is 35.4 Å². The van der Waals surface area contributed by atoms with E-state index in [1.807, 2.05) is 4.90 Å². The Labute approximate surface area is 141 Å². The highest BCUT2D eigenvalue weighted by Gasteiger charge is 2.40. The second-order valence-electron chi connectivity index (χ2n) is 6.40. The molecule has 2 aliphatic rings. The first-order valence-electron chi connectivity index (χ1n) is 8.36. The molecule has 0 bridgehead atoms. The number of carbonyl (C=O) groups is 2. The Morgan fingerprint density at radius 2 is 2.08 bits per heavy atom. The molecule has 0 radical (unpaired) electrons. The number of hydrogen-bond acceptors (Lipinski definition) is 4. The van der Waals surface area contributed by atoms with Crippen molar-refractivity contribution in [2.75, 3.05) is 26.9 Å². The number of rotatable bonds is 4. The number of amides is 1. The average Bonchev–Trinajstić information content (AvgIpc) is 3.09. The summed E-state index contributed by atoms with van der Waals surface area (Å²) in [7, 11) is 1.72. The summed E-state index contributed by atoms with van der Waals surface area (Å²) < 4.78 is 11.2. The molecule has 1 saturated carbocycles. The van der Waals surface area contributed by atoms with Crippen molar-refractivity contribution in [3.8, 4) is 0 Å². The summed E-state index contributed by atoms with van der Waals surface area (Å²) in [5.41, 5.74) is 0.537. The summed E-state index contributed by atoms with van der Waals surface area (Å²) in [6.45, 7) is 1.54. The third-order valence-electron chi connectivity index (χ3n) is 5.08. The molecule has 3 rings (SSSR count). The fourth-order valence-electron chi connectivity index (χ4n) is 3.87. The summed E-state index contributed by atoms with van der Waals surface area (Å²) in [6, 6.07) is 6.20. The Hall–Kier alpha value is -1.92. The second-order valence-corrected chi connectivity index (χ2v) is 6.40. The van der Waals surface area contributed by atoms with Gasteiger partial charge in [-0.05, 0) is 31.0 Å². The number of carboxylic acids is 1. The zero-order valence-corrected chi connectivity index (χ0v) is 13.8. The molecule has 1 aromatic rings. The molecule has 1 heterocycles. The molecular formula is C18H23NO5. The SMILES string of the molecule is COC1CCCC1C1COCCN1C(=O)c1cccc(C(=O)O)c1. The van der Waals surface area contributed by atoms with E-state index in [2.05, 4.69) is 0 Å². The smallest absolute Gasteiger partial charge is 0.335 e. The summed E-state index contributed by atoms with van der Waals surface area (Å²) in [5, 5.41) is 9.13. The predicted octanol–water partition coefficient (Wildman–Crippen LogP) is 2.04. The fourth-order valence-corrected chi connectivity index (χ4v) is 3.87. The first-order chi connectivity index (χ1) is 11.6. The Kier molecular flexibility index (Phi) is 5.16. The molecule has 3 atom stereocenters. The summed E-state index contributed by atoms with van der Waals surface area (Å²) in [6.07, 6.45) is 3.27. The summed E-state index contributed by atoms with van der Waals surface area (Å²) in [4.78, 5) is 26.0. The highest BCUT2D eigenvalue weighted by atomic mass is 16.5. The lowest BCUT2D eigenvalue weighted by Crippen LogP contribution is -2.53. The number of carboxylic acid groups (broad SMARTS) is 1. The molecule has 2 fully saturated rings. The van der Waals surface area contributed by atoms with Crippen LogP contribution in [0, 0.1) is 5.92 Å². The fraction of sp³-hybridized carbons (Fsp3) is 0.556. The van der Waals surface area contributed by atoms with Crippen molar-refractivity contribution >= 4 is 11.9 Å². The summed E-state index contributed by atoms with van der Waals surface area (Å²) in [5.74, 6) is -0.895. The second kappa shape index (κ2) is 7.32. The number of carbonyl (C=O) groups excluding carboxylic acids is 1. The average molecular weight is 333 g/mol. The zero-order chi connectivity index (χ0) is 17.1. The zero-order valence-electron chi connectivity index (χ0n) is 13.8. The van der Waals surface area contributed by atoms with Gasteiger partial charge >= 0.3 is 5.97 Å². The highest BCUT2D eigenvalue weighted by molar-refractivity contribution is 5.97. The van der Waals surface area contributed by atoms with Gasteiger partial charge in [0, 0.05) is 25.1 Å². The number of morpholine rings is 1. The van der Waals surface area contributed by atoms with Gasteiger partial charge in [-0.1, -0.05) is 12.5 Å². The normalized spacial score (nSPS) is 27.2. The quantitative estimate of drug-likeness (QED) is 0.912. The molecule has 1 aliphatic carbocycles. The van der Waals surface area contributed by atoms with Crippen molar-refractivity contribution < 1.29 is 24.2 Å². The molecule has 3 unspecified atom stereocenters. The molecule has 6 nitrogen and oxygen atoms in total. The minimum atomic E-state index is -1.03. The monoisotopic (exact) mass is 333 g/mol. The van der Waals surface area contributed by atoms with Crippen LogP contribution in [-0.2, 0) is 9.47 Å². The number of hydrogen-bond donors (Lipinski definition) is 1. The van der Waals surface area contributed by atoms with Gasteiger partial charge in [0.1, 0.15) is 0 Å². The molecule has 1 amide bonds.